The van der Waals surface area contributed by atoms with Crippen LogP contribution in [-0.2, 0) is 27.4 Å². The Morgan fingerprint density at radius 1 is 0.968 bits per heavy atom. The Labute approximate surface area is 190 Å². The summed E-state index contributed by atoms with van der Waals surface area (Å²) in [4.78, 5) is 37.0. The number of alkyl carbamates (subject to hydrolysis) is 1. The lowest BCUT2D eigenvalue weighted by molar-refractivity contribution is -0.128. The molecule has 4 N–H and O–H groups in total. The van der Waals surface area contributed by atoms with Gasteiger partial charge in [-0.05, 0) is 35.6 Å². The van der Waals surface area contributed by atoms with Crippen molar-refractivity contribution in [3.8, 4) is 0 Å². The van der Waals surface area contributed by atoms with Crippen LogP contribution in [0.1, 0.15) is 31.4 Å². The minimum atomic E-state index is -0.904. The van der Waals surface area contributed by atoms with Crippen molar-refractivity contribution >= 4 is 33.8 Å². The van der Waals surface area contributed by atoms with Gasteiger partial charge in [0.1, 0.15) is 18.7 Å². The van der Waals surface area contributed by atoms with E-state index in [0.717, 1.165) is 15.6 Å². The summed E-state index contributed by atoms with van der Waals surface area (Å²) in [7, 11) is 0. The van der Waals surface area contributed by atoms with E-state index in [-0.39, 0.29) is 18.9 Å². The summed E-state index contributed by atoms with van der Waals surface area (Å²) in [5.74, 6) is -1.00. The molecule has 0 fully saturated rings. The van der Waals surface area contributed by atoms with Gasteiger partial charge >= 0.3 is 6.09 Å². The van der Waals surface area contributed by atoms with E-state index in [9.17, 15) is 14.4 Å². The van der Waals surface area contributed by atoms with Crippen LogP contribution in [0.3, 0.4) is 0 Å². The number of hydrogen-bond acceptors (Lipinski definition) is 4. The van der Waals surface area contributed by atoms with Gasteiger partial charge in [-0.3, -0.25) is 9.59 Å². The molecule has 0 aliphatic heterocycles. The normalized spacial score (nSPS) is 12.6. The van der Waals surface area contributed by atoms with Crippen LogP contribution in [0.25, 0.3) is 0 Å². The first kappa shape index (κ1) is 24.4. The summed E-state index contributed by atoms with van der Waals surface area (Å²) in [6.07, 6.45) is -0.0746. The minimum absolute atomic E-state index is 0.0927. The monoisotopic (exact) mass is 489 g/mol. The second kappa shape index (κ2) is 12.1. The molecule has 0 saturated heterocycles. The average Bonchev–Trinajstić information content (AvgIpc) is 2.71. The van der Waals surface area contributed by atoms with Gasteiger partial charge < -0.3 is 21.1 Å². The van der Waals surface area contributed by atoms with Gasteiger partial charge in [-0.25, -0.2) is 4.79 Å². The van der Waals surface area contributed by atoms with Crippen LogP contribution >= 0.6 is 15.9 Å². The van der Waals surface area contributed by atoms with Crippen molar-refractivity contribution < 1.29 is 19.1 Å². The second-order valence-corrected chi connectivity index (χ2v) is 8.60. The van der Waals surface area contributed by atoms with E-state index in [0.29, 0.717) is 6.42 Å². The third kappa shape index (κ3) is 8.80. The van der Waals surface area contributed by atoms with Gasteiger partial charge in [-0.1, -0.05) is 72.2 Å². The zero-order chi connectivity index (χ0) is 22.8. The molecule has 2 aromatic rings. The summed E-state index contributed by atoms with van der Waals surface area (Å²) in [6.45, 7) is 3.96. The molecule has 2 rings (SSSR count). The molecule has 8 heteroatoms. The van der Waals surface area contributed by atoms with Gasteiger partial charge in [0.25, 0.3) is 0 Å². The summed E-state index contributed by atoms with van der Waals surface area (Å²) < 4.78 is 6.09. The topological polar surface area (TPSA) is 111 Å². The molecule has 0 spiro atoms. The molecule has 0 aromatic heterocycles. The standard InChI is InChI=1S/C23H28BrN3O4/c1-15(2)11-20(27-23(30)31-14-16-7-4-3-5-8-16)22(29)26-19(21(25)28)13-17-9-6-10-18(24)12-17/h3-10,12,15,19-20H,11,13-14H2,1-2H3,(H2,25,28)(H,26,29)(H,27,30)/t19-,20+/m1/s1. The lowest BCUT2D eigenvalue weighted by atomic mass is 10.0. The van der Waals surface area contributed by atoms with Gasteiger partial charge in [0.05, 0.1) is 0 Å². The van der Waals surface area contributed by atoms with Gasteiger partial charge in [0.2, 0.25) is 11.8 Å². The van der Waals surface area contributed by atoms with E-state index in [1.807, 2.05) is 68.4 Å². The SMILES string of the molecule is CC(C)C[C@H](NC(=O)OCc1ccccc1)C(=O)N[C@H](Cc1cccc(Br)c1)C(N)=O. The second-order valence-electron chi connectivity index (χ2n) is 7.69. The Bertz CT molecular complexity index is 889. The average molecular weight is 490 g/mol. The Balaban J connectivity index is 2.00. The van der Waals surface area contributed by atoms with Crippen LogP contribution in [0.2, 0.25) is 0 Å². The van der Waals surface area contributed by atoms with Gasteiger partial charge in [0, 0.05) is 10.9 Å². The molecule has 0 aliphatic rings. The molecule has 3 amide bonds. The predicted octanol–water partition coefficient (Wildman–Crippen LogP) is 3.30. The Morgan fingerprint density at radius 2 is 1.65 bits per heavy atom. The molecule has 0 unspecified atom stereocenters. The molecule has 7 nitrogen and oxygen atoms in total. The largest absolute Gasteiger partial charge is 0.445 e. The molecule has 0 saturated carbocycles. The highest BCUT2D eigenvalue weighted by molar-refractivity contribution is 9.10. The van der Waals surface area contributed by atoms with Gasteiger partial charge in [0.15, 0.2) is 0 Å². The van der Waals surface area contributed by atoms with Crippen LogP contribution in [0.15, 0.2) is 59.1 Å². The van der Waals surface area contributed by atoms with Gasteiger partial charge in [-0.2, -0.15) is 0 Å². The van der Waals surface area contributed by atoms with Crippen LogP contribution in [-0.4, -0.2) is 30.0 Å². The maximum Gasteiger partial charge on any atom is 0.408 e. The molecule has 2 atom stereocenters. The molecule has 166 valence electrons. The smallest absolute Gasteiger partial charge is 0.408 e. The van der Waals surface area contributed by atoms with E-state index < -0.39 is 30.0 Å². The number of benzene rings is 2. The molecular weight excluding hydrogens is 462 g/mol. The first-order chi connectivity index (χ1) is 14.7. The maximum atomic E-state index is 12.9. The highest BCUT2D eigenvalue weighted by atomic mass is 79.9. The van der Waals surface area contributed by atoms with Gasteiger partial charge in [-0.15, -0.1) is 0 Å². The minimum Gasteiger partial charge on any atom is -0.445 e. The van der Waals surface area contributed by atoms with Crippen molar-refractivity contribution in [3.63, 3.8) is 0 Å². The molecule has 0 aliphatic carbocycles. The van der Waals surface area contributed by atoms with Crippen LogP contribution < -0.4 is 16.4 Å². The summed E-state index contributed by atoms with van der Waals surface area (Å²) in [6, 6.07) is 14.9. The number of rotatable bonds is 10. The number of nitrogens with one attached hydrogen (secondary N) is 2. The Kier molecular flexibility index (Phi) is 9.52. The summed E-state index contributed by atoms with van der Waals surface area (Å²) in [5.41, 5.74) is 7.19. The third-order valence-electron chi connectivity index (χ3n) is 4.52. The van der Waals surface area contributed by atoms with Crippen molar-refractivity contribution in [2.45, 2.75) is 45.4 Å². The fourth-order valence-electron chi connectivity index (χ4n) is 3.00. The Morgan fingerprint density at radius 3 is 2.26 bits per heavy atom. The van der Waals surface area contributed by atoms with Crippen LogP contribution in [0.5, 0.6) is 0 Å². The third-order valence-corrected chi connectivity index (χ3v) is 5.01. The fourth-order valence-corrected chi connectivity index (χ4v) is 3.45. The van der Waals surface area contributed by atoms with Crippen molar-refractivity contribution in [2.24, 2.45) is 11.7 Å². The highest BCUT2D eigenvalue weighted by Crippen LogP contribution is 2.14. The number of carbonyl (C=O) groups is 3. The lowest BCUT2D eigenvalue weighted by Crippen LogP contribution is -2.54. The highest BCUT2D eigenvalue weighted by Gasteiger charge is 2.27. The fraction of sp³-hybridized carbons (Fsp3) is 0.348. The number of hydrogen-bond donors (Lipinski definition) is 3. The number of ether oxygens (including phenoxy) is 1. The first-order valence-corrected chi connectivity index (χ1v) is 10.8. The van der Waals surface area contributed by atoms with E-state index in [1.54, 1.807) is 0 Å². The van der Waals surface area contributed by atoms with Crippen molar-refractivity contribution in [1.29, 1.82) is 0 Å². The molecular formula is C23H28BrN3O4. The predicted molar refractivity (Wildman–Crippen MR) is 122 cm³/mol. The van der Waals surface area contributed by atoms with Crippen molar-refractivity contribution in [2.75, 3.05) is 0 Å². The molecule has 0 radical (unpaired) electrons. The zero-order valence-corrected chi connectivity index (χ0v) is 19.2. The maximum absolute atomic E-state index is 12.9. The van der Waals surface area contributed by atoms with Crippen LogP contribution in [0.4, 0.5) is 4.79 Å². The van der Waals surface area contributed by atoms with E-state index in [4.69, 9.17) is 10.5 Å². The number of nitrogens with two attached hydrogens (primary N) is 1. The number of halogens is 1. The molecule has 0 bridgehead atoms. The van der Waals surface area contributed by atoms with Crippen molar-refractivity contribution in [3.05, 3.63) is 70.2 Å². The number of primary amides is 1. The van der Waals surface area contributed by atoms with Crippen molar-refractivity contribution in [1.82, 2.24) is 10.6 Å². The first-order valence-electron chi connectivity index (χ1n) is 10.1. The van der Waals surface area contributed by atoms with E-state index in [1.165, 1.54) is 0 Å². The number of carbonyl (C=O) groups excluding carboxylic acids is 3. The summed E-state index contributed by atoms with van der Waals surface area (Å²) in [5, 5.41) is 5.27. The van der Waals surface area contributed by atoms with E-state index in [2.05, 4.69) is 26.6 Å². The Hall–Kier alpha value is -2.87. The lowest BCUT2D eigenvalue weighted by Gasteiger charge is -2.23. The number of amides is 3. The van der Waals surface area contributed by atoms with E-state index >= 15 is 0 Å². The summed E-state index contributed by atoms with van der Waals surface area (Å²) >= 11 is 3.38. The quantitative estimate of drug-likeness (QED) is 0.475. The molecule has 0 heterocycles. The molecule has 31 heavy (non-hydrogen) atoms. The zero-order valence-electron chi connectivity index (χ0n) is 17.6. The van der Waals surface area contributed by atoms with Crippen LogP contribution in [0, 0.1) is 5.92 Å². The molecule has 2 aromatic carbocycles.